The molecular formula is C26H34N2O3. The molecule has 1 heterocycles. The van der Waals surface area contributed by atoms with Gasteiger partial charge >= 0.3 is 6.03 Å². The van der Waals surface area contributed by atoms with Gasteiger partial charge in [0.1, 0.15) is 11.3 Å². The molecule has 1 aliphatic heterocycles. The van der Waals surface area contributed by atoms with Crippen LogP contribution in [0.3, 0.4) is 0 Å². The van der Waals surface area contributed by atoms with E-state index in [1.165, 1.54) is 21.6 Å². The van der Waals surface area contributed by atoms with E-state index in [9.17, 15) is 9.59 Å². The van der Waals surface area contributed by atoms with Gasteiger partial charge in [-0.2, -0.15) is 0 Å². The Balaban J connectivity index is 1.73. The number of carbonyl (C=O) groups is 2. The van der Waals surface area contributed by atoms with Crippen LogP contribution in [0.25, 0.3) is 0 Å². The van der Waals surface area contributed by atoms with Crippen LogP contribution in [-0.2, 0) is 17.8 Å². The second-order valence-electron chi connectivity index (χ2n) is 8.72. The van der Waals surface area contributed by atoms with E-state index < -0.39 is 5.54 Å². The van der Waals surface area contributed by atoms with E-state index in [1.54, 1.807) is 12.0 Å². The second-order valence-corrected chi connectivity index (χ2v) is 8.72. The first kappa shape index (κ1) is 22.9. The maximum atomic E-state index is 13.5. The van der Waals surface area contributed by atoms with Crippen molar-refractivity contribution in [1.82, 2.24) is 9.80 Å². The number of hydrogen-bond donors (Lipinski definition) is 0. The van der Waals surface area contributed by atoms with Crippen molar-refractivity contribution in [3.05, 3.63) is 64.7 Å². The predicted octanol–water partition coefficient (Wildman–Crippen LogP) is 5.27. The van der Waals surface area contributed by atoms with Crippen molar-refractivity contribution in [3.8, 4) is 5.75 Å². The molecule has 0 N–H and O–H groups in total. The minimum Gasteiger partial charge on any atom is -0.497 e. The standard InChI is InChI=1S/C26H34N2O3/c1-6-16-28-25(30)27(18-22-10-9-19(2)20(3)17-22)24(29)26(28,4)15-7-8-21-11-13-23(31-5)14-12-21/h9-14,17H,6-8,15-16,18H2,1-5H3. The van der Waals surface area contributed by atoms with Gasteiger partial charge in [-0.1, -0.05) is 37.3 Å². The van der Waals surface area contributed by atoms with Gasteiger partial charge in [0, 0.05) is 6.54 Å². The summed E-state index contributed by atoms with van der Waals surface area (Å²) in [7, 11) is 1.66. The molecular weight excluding hydrogens is 388 g/mol. The predicted molar refractivity (Wildman–Crippen MR) is 123 cm³/mol. The van der Waals surface area contributed by atoms with Crippen LogP contribution in [-0.4, -0.2) is 40.9 Å². The maximum Gasteiger partial charge on any atom is 0.327 e. The van der Waals surface area contributed by atoms with E-state index in [4.69, 9.17) is 4.74 Å². The van der Waals surface area contributed by atoms with Gasteiger partial charge in [0.25, 0.3) is 5.91 Å². The SMILES string of the molecule is CCCN1C(=O)N(Cc2ccc(C)c(C)c2)C(=O)C1(C)CCCc1ccc(OC)cc1. The van der Waals surface area contributed by atoms with Gasteiger partial charge in [-0.3, -0.25) is 9.69 Å². The van der Waals surface area contributed by atoms with Crippen molar-refractivity contribution in [3.63, 3.8) is 0 Å². The summed E-state index contributed by atoms with van der Waals surface area (Å²) >= 11 is 0. The number of urea groups is 1. The van der Waals surface area contributed by atoms with Crippen LogP contribution >= 0.6 is 0 Å². The summed E-state index contributed by atoms with van der Waals surface area (Å²) in [6, 6.07) is 14.0. The van der Waals surface area contributed by atoms with Gasteiger partial charge in [0.2, 0.25) is 0 Å². The highest BCUT2D eigenvalue weighted by Gasteiger charge is 2.53. The van der Waals surface area contributed by atoms with Gasteiger partial charge in [-0.25, -0.2) is 4.79 Å². The molecule has 0 spiro atoms. The molecule has 1 fully saturated rings. The summed E-state index contributed by atoms with van der Waals surface area (Å²) in [5.74, 6) is 0.752. The zero-order chi connectivity index (χ0) is 22.6. The maximum absolute atomic E-state index is 13.5. The molecule has 5 nitrogen and oxygen atoms in total. The first-order valence-corrected chi connectivity index (χ1v) is 11.1. The van der Waals surface area contributed by atoms with Gasteiger partial charge in [-0.05, 0) is 80.8 Å². The fourth-order valence-corrected chi connectivity index (χ4v) is 4.31. The number of methoxy groups -OCH3 is 1. The lowest BCUT2D eigenvalue weighted by Crippen LogP contribution is -2.47. The number of imide groups is 1. The number of rotatable bonds is 9. The van der Waals surface area contributed by atoms with Gasteiger partial charge in [0.05, 0.1) is 13.7 Å². The summed E-state index contributed by atoms with van der Waals surface area (Å²) in [5, 5.41) is 0. The number of amides is 3. The van der Waals surface area contributed by atoms with Crippen LogP contribution in [0.4, 0.5) is 4.79 Å². The summed E-state index contributed by atoms with van der Waals surface area (Å²) in [5.41, 5.74) is 3.78. The molecule has 31 heavy (non-hydrogen) atoms. The van der Waals surface area contributed by atoms with Crippen molar-refractivity contribution in [2.24, 2.45) is 0 Å². The Morgan fingerprint density at radius 1 is 0.968 bits per heavy atom. The molecule has 1 atom stereocenters. The van der Waals surface area contributed by atoms with Crippen LogP contribution in [0.2, 0.25) is 0 Å². The first-order valence-electron chi connectivity index (χ1n) is 11.1. The van der Waals surface area contributed by atoms with Gasteiger partial charge in [0.15, 0.2) is 0 Å². The summed E-state index contributed by atoms with van der Waals surface area (Å²) < 4.78 is 5.22. The number of aryl methyl sites for hydroxylation is 3. The molecule has 0 aliphatic carbocycles. The highest BCUT2D eigenvalue weighted by Crippen LogP contribution is 2.34. The summed E-state index contributed by atoms with van der Waals surface area (Å²) in [6.45, 7) is 9.01. The summed E-state index contributed by atoms with van der Waals surface area (Å²) in [6.07, 6.45) is 3.16. The highest BCUT2D eigenvalue weighted by molar-refractivity contribution is 6.06. The normalized spacial score (nSPS) is 18.7. The van der Waals surface area contributed by atoms with E-state index in [-0.39, 0.29) is 11.9 Å². The minimum atomic E-state index is -0.792. The number of hydrogen-bond acceptors (Lipinski definition) is 3. The molecule has 0 radical (unpaired) electrons. The number of carbonyl (C=O) groups excluding carboxylic acids is 2. The number of benzene rings is 2. The van der Waals surface area contributed by atoms with E-state index in [1.807, 2.05) is 38.1 Å². The Kier molecular flexibility index (Phi) is 7.04. The Morgan fingerprint density at radius 2 is 1.65 bits per heavy atom. The summed E-state index contributed by atoms with van der Waals surface area (Å²) in [4.78, 5) is 29.9. The van der Waals surface area contributed by atoms with Crippen LogP contribution in [0.1, 0.15) is 55.4 Å². The lowest BCUT2D eigenvalue weighted by atomic mass is 9.91. The molecule has 0 saturated carbocycles. The Hall–Kier alpha value is -2.82. The van der Waals surface area contributed by atoms with Crippen LogP contribution in [0.15, 0.2) is 42.5 Å². The number of ether oxygens (including phenoxy) is 1. The monoisotopic (exact) mass is 422 g/mol. The quantitative estimate of drug-likeness (QED) is 0.518. The van der Waals surface area contributed by atoms with Gasteiger partial charge < -0.3 is 9.64 Å². The molecule has 1 unspecified atom stereocenters. The fourth-order valence-electron chi connectivity index (χ4n) is 4.31. The molecule has 0 bridgehead atoms. The number of nitrogens with zero attached hydrogens (tertiary/aromatic N) is 2. The van der Waals surface area contributed by atoms with Crippen molar-refractivity contribution >= 4 is 11.9 Å². The van der Waals surface area contributed by atoms with E-state index in [0.29, 0.717) is 19.5 Å². The molecule has 166 valence electrons. The van der Waals surface area contributed by atoms with Crippen molar-refractivity contribution < 1.29 is 14.3 Å². The lowest BCUT2D eigenvalue weighted by molar-refractivity contribution is -0.133. The first-order chi connectivity index (χ1) is 14.8. The molecule has 3 amide bonds. The molecule has 0 aromatic heterocycles. The molecule has 5 heteroatoms. The molecule has 2 aromatic carbocycles. The average Bonchev–Trinajstić information content (AvgIpc) is 2.93. The molecule has 3 rings (SSSR count). The third-order valence-electron chi connectivity index (χ3n) is 6.41. The second kappa shape index (κ2) is 9.54. The average molecular weight is 423 g/mol. The van der Waals surface area contributed by atoms with E-state index >= 15 is 0 Å². The van der Waals surface area contributed by atoms with Crippen LogP contribution < -0.4 is 4.74 Å². The smallest absolute Gasteiger partial charge is 0.327 e. The lowest BCUT2D eigenvalue weighted by Gasteiger charge is -2.31. The topological polar surface area (TPSA) is 49.9 Å². The van der Waals surface area contributed by atoms with Crippen molar-refractivity contribution in [2.45, 2.75) is 65.5 Å². The van der Waals surface area contributed by atoms with Crippen molar-refractivity contribution in [1.29, 1.82) is 0 Å². The molecule has 1 saturated heterocycles. The van der Waals surface area contributed by atoms with Crippen LogP contribution in [0.5, 0.6) is 5.75 Å². The third kappa shape index (κ3) is 4.76. The molecule has 1 aliphatic rings. The fraction of sp³-hybridized carbons (Fsp3) is 0.462. The Morgan fingerprint density at radius 3 is 2.26 bits per heavy atom. The Bertz CT molecular complexity index is 938. The van der Waals surface area contributed by atoms with Gasteiger partial charge in [-0.15, -0.1) is 0 Å². The Labute approximate surface area is 186 Å². The third-order valence-corrected chi connectivity index (χ3v) is 6.41. The minimum absolute atomic E-state index is 0.0843. The van der Waals surface area contributed by atoms with E-state index in [0.717, 1.165) is 30.6 Å². The zero-order valence-corrected chi connectivity index (χ0v) is 19.4. The van der Waals surface area contributed by atoms with Crippen LogP contribution in [0, 0.1) is 13.8 Å². The zero-order valence-electron chi connectivity index (χ0n) is 19.4. The largest absolute Gasteiger partial charge is 0.497 e. The van der Waals surface area contributed by atoms with Crippen molar-refractivity contribution in [2.75, 3.05) is 13.7 Å². The van der Waals surface area contributed by atoms with E-state index in [2.05, 4.69) is 32.0 Å². The molecule has 2 aromatic rings. The highest BCUT2D eigenvalue weighted by atomic mass is 16.5.